The molecule has 1 saturated heterocycles. The molecule has 0 saturated carbocycles. The number of morpholine rings is 1. The molecule has 2 amide bonds. The van der Waals surface area contributed by atoms with Crippen LogP contribution in [0, 0.1) is 0 Å². The number of rotatable bonds is 8. The summed E-state index contributed by atoms with van der Waals surface area (Å²) in [7, 11) is 0. The maximum Gasteiger partial charge on any atom is 0.314 e. The van der Waals surface area contributed by atoms with Gasteiger partial charge in [-0.25, -0.2) is 4.79 Å². The average Bonchev–Trinajstić information content (AvgIpc) is 2.62. The minimum absolute atomic E-state index is 0.118. The van der Waals surface area contributed by atoms with Gasteiger partial charge < -0.3 is 20.1 Å². The highest BCUT2D eigenvalue weighted by Gasteiger charge is 2.13. The molecule has 1 aromatic rings. The lowest BCUT2D eigenvalue weighted by molar-refractivity contribution is 0.0387. The Bertz CT molecular complexity index is 534. The first-order valence-electron chi connectivity index (χ1n) is 9.50. The van der Waals surface area contributed by atoms with Gasteiger partial charge in [0.15, 0.2) is 0 Å². The lowest BCUT2D eigenvalue weighted by Crippen LogP contribution is -2.43. The fourth-order valence-electron chi connectivity index (χ4n) is 2.73. The third-order valence-electron chi connectivity index (χ3n) is 4.41. The van der Waals surface area contributed by atoms with Crippen molar-refractivity contribution in [1.29, 1.82) is 0 Å². The Morgan fingerprint density at radius 1 is 1.12 bits per heavy atom. The van der Waals surface area contributed by atoms with Gasteiger partial charge in [0.2, 0.25) is 0 Å². The molecule has 0 spiro atoms. The maximum atomic E-state index is 11.7. The van der Waals surface area contributed by atoms with Crippen LogP contribution in [0.2, 0.25) is 0 Å². The molecular formula is C20H33N3O3. The van der Waals surface area contributed by atoms with Crippen LogP contribution in [0.4, 0.5) is 4.79 Å². The van der Waals surface area contributed by atoms with E-state index in [0.29, 0.717) is 19.7 Å². The van der Waals surface area contributed by atoms with Crippen molar-refractivity contribution in [3.63, 3.8) is 0 Å². The number of ether oxygens (including phenoxy) is 2. The van der Waals surface area contributed by atoms with Crippen molar-refractivity contribution in [2.45, 2.75) is 32.6 Å². The van der Waals surface area contributed by atoms with Crippen molar-refractivity contribution >= 4 is 6.03 Å². The molecule has 1 aliphatic rings. The first-order chi connectivity index (χ1) is 12.4. The highest BCUT2D eigenvalue weighted by Crippen LogP contribution is 2.24. The summed E-state index contributed by atoms with van der Waals surface area (Å²) in [5.41, 5.74) is 1.44. The second kappa shape index (κ2) is 10.4. The van der Waals surface area contributed by atoms with E-state index in [1.165, 1.54) is 5.56 Å². The summed E-state index contributed by atoms with van der Waals surface area (Å²) >= 11 is 0. The molecule has 0 aromatic heterocycles. The van der Waals surface area contributed by atoms with E-state index in [1.54, 1.807) is 0 Å². The van der Waals surface area contributed by atoms with Gasteiger partial charge in [0.1, 0.15) is 5.75 Å². The largest absolute Gasteiger partial charge is 0.494 e. The fraction of sp³-hybridized carbons (Fsp3) is 0.650. The number of urea groups is 1. The molecule has 2 N–H and O–H groups in total. The second-order valence-electron chi connectivity index (χ2n) is 7.61. The SMILES string of the molecule is CC(C)(C)c1ccc(OCCCNC(=O)NCCN2CCOCC2)cc1. The average molecular weight is 364 g/mol. The molecule has 6 nitrogen and oxygen atoms in total. The zero-order chi connectivity index (χ0) is 18.8. The van der Waals surface area contributed by atoms with E-state index in [-0.39, 0.29) is 11.4 Å². The normalized spacial score (nSPS) is 15.5. The topological polar surface area (TPSA) is 62.8 Å². The number of hydrogen-bond acceptors (Lipinski definition) is 4. The van der Waals surface area contributed by atoms with Crippen LogP contribution < -0.4 is 15.4 Å². The first-order valence-corrected chi connectivity index (χ1v) is 9.50. The Labute approximate surface area is 157 Å². The minimum atomic E-state index is -0.118. The van der Waals surface area contributed by atoms with E-state index >= 15 is 0 Å². The lowest BCUT2D eigenvalue weighted by Gasteiger charge is -2.26. The van der Waals surface area contributed by atoms with Gasteiger partial charge in [0, 0.05) is 32.7 Å². The molecule has 26 heavy (non-hydrogen) atoms. The quantitative estimate of drug-likeness (QED) is 0.696. The summed E-state index contributed by atoms with van der Waals surface area (Å²) in [6.07, 6.45) is 0.776. The van der Waals surface area contributed by atoms with Crippen LogP contribution in [0.5, 0.6) is 5.75 Å². The van der Waals surface area contributed by atoms with Crippen molar-refractivity contribution in [1.82, 2.24) is 15.5 Å². The molecule has 1 aliphatic heterocycles. The number of nitrogens with zero attached hydrogens (tertiary/aromatic N) is 1. The molecule has 146 valence electrons. The summed E-state index contributed by atoms with van der Waals surface area (Å²) < 4.78 is 11.0. The second-order valence-corrected chi connectivity index (χ2v) is 7.61. The Morgan fingerprint density at radius 3 is 2.42 bits per heavy atom. The Hall–Kier alpha value is -1.79. The van der Waals surface area contributed by atoms with Gasteiger partial charge in [0.25, 0.3) is 0 Å². The van der Waals surface area contributed by atoms with Crippen LogP contribution in [0.15, 0.2) is 24.3 Å². The van der Waals surface area contributed by atoms with Crippen molar-refractivity contribution in [3.8, 4) is 5.75 Å². The molecule has 6 heteroatoms. The standard InChI is InChI=1S/C20H33N3O3/c1-20(2,3)17-5-7-18(8-6-17)26-14-4-9-21-19(24)22-10-11-23-12-15-25-16-13-23/h5-8H,4,9-16H2,1-3H3,(H2,21,22,24). The lowest BCUT2D eigenvalue weighted by atomic mass is 9.87. The van der Waals surface area contributed by atoms with E-state index in [0.717, 1.165) is 45.0 Å². The van der Waals surface area contributed by atoms with E-state index in [9.17, 15) is 4.79 Å². The first kappa shape index (κ1) is 20.5. The molecule has 0 aliphatic carbocycles. The van der Waals surface area contributed by atoms with Gasteiger partial charge in [-0.1, -0.05) is 32.9 Å². The van der Waals surface area contributed by atoms with Gasteiger partial charge >= 0.3 is 6.03 Å². The number of benzene rings is 1. The number of amides is 2. The van der Waals surface area contributed by atoms with Crippen molar-refractivity contribution in [2.75, 3.05) is 52.5 Å². The predicted octanol–water partition coefficient (Wildman–Crippen LogP) is 2.38. The van der Waals surface area contributed by atoms with Crippen LogP contribution in [-0.4, -0.2) is 63.5 Å². The smallest absolute Gasteiger partial charge is 0.314 e. The van der Waals surface area contributed by atoms with Crippen molar-refractivity contribution in [3.05, 3.63) is 29.8 Å². The van der Waals surface area contributed by atoms with Gasteiger partial charge in [-0.05, 0) is 29.5 Å². The minimum Gasteiger partial charge on any atom is -0.494 e. The summed E-state index contributed by atoms with van der Waals surface area (Å²) in [4.78, 5) is 14.0. The molecule has 0 bridgehead atoms. The fourth-order valence-corrected chi connectivity index (χ4v) is 2.73. The van der Waals surface area contributed by atoms with Gasteiger partial charge in [-0.2, -0.15) is 0 Å². The van der Waals surface area contributed by atoms with Gasteiger partial charge in [0.05, 0.1) is 19.8 Å². The van der Waals surface area contributed by atoms with Gasteiger partial charge in [-0.3, -0.25) is 4.90 Å². The summed E-state index contributed by atoms with van der Waals surface area (Å²) in [5, 5.41) is 5.75. The van der Waals surface area contributed by atoms with E-state index in [4.69, 9.17) is 9.47 Å². The zero-order valence-electron chi connectivity index (χ0n) is 16.3. The third-order valence-corrected chi connectivity index (χ3v) is 4.41. The summed E-state index contributed by atoms with van der Waals surface area (Å²) in [6, 6.07) is 8.11. The van der Waals surface area contributed by atoms with Gasteiger partial charge in [-0.15, -0.1) is 0 Å². The third kappa shape index (κ3) is 7.62. The molecule has 1 aromatic carbocycles. The van der Waals surface area contributed by atoms with Crippen LogP contribution in [0.25, 0.3) is 0 Å². The predicted molar refractivity (Wildman–Crippen MR) is 104 cm³/mol. The monoisotopic (exact) mass is 363 g/mol. The van der Waals surface area contributed by atoms with Crippen LogP contribution in [-0.2, 0) is 10.2 Å². The number of nitrogens with one attached hydrogen (secondary N) is 2. The molecule has 2 rings (SSSR count). The number of hydrogen-bond donors (Lipinski definition) is 2. The molecule has 0 radical (unpaired) electrons. The number of carbonyl (C=O) groups is 1. The maximum absolute atomic E-state index is 11.7. The van der Waals surface area contributed by atoms with Crippen LogP contribution >= 0.6 is 0 Å². The Morgan fingerprint density at radius 2 is 1.77 bits per heavy atom. The molecule has 0 unspecified atom stereocenters. The van der Waals surface area contributed by atoms with E-state index < -0.39 is 0 Å². The zero-order valence-corrected chi connectivity index (χ0v) is 16.3. The van der Waals surface area contributed by atoms with E-state index in [2.05, 4.69) is 48.4 Å². The highest BCUT2D eigenvalue weighted by atomic mass is 16.5. The summed E-state index contributed by atoms with van der Waals surface area (Å²) in [6.45, 7) is 12.7. The number of carbonyl (C=O) groups excluding carboxylic acids is 1. The van der Waals surface area contributed by atoms with Crippen molar-refractivity contribution in [2.24, 2.45) is 0 Å². The van der Waals surface area contributed by atoms with Crippen LogP contribution in [0.1, 0.15) is 32.8 Å². The molecule has 1 heterocycles. The Balaban J connectivity index is 1.51. The summed E-state index contributed by atoms with van der Waals surface area (Å²) in [5.74, 6) is 0.868. The van der Waals surface area contributed by atoms with Crippen molar-refractivity contribution < 1.29 is 14.3 Å². The molecule has 0 atom stereocenters. The molecule has 1 fully saturated rings. The highest BCUT2D eigenvalue weighted by molar-refractivity contribution is 5.73. The molecular weight excluding hydrogens is 330 g/mol. The van der Waals surface area contributed by atoms with Crippen LogP contribution in [0.3, 0.4) is 0 Å². The Kier molecular flexibility index (Phi) is 8.19. The van der Waals surface area contributed by atoms with E-state index in [1.807, 2.05) is 12.1 Å².